The predicted molar refractivity (Wildman–Crippen MR) is 109 cm³/mol. The molecule has 1 aliphatic heterocycles. The Balaban J connectivity index is 1.48. The fourth-order valence-electron chi connectivity index (χ4n) is 3.41. The van der Waals surface area contributed by atoms with Gasteiger partial charge < -0.3 is 10.2 Å². The molecule has 1 fully saturated rings. The lowest BCUT2D eigenvalue weighted by Crippen LogP contribution is -2.30. The average molecular weight is 351 g/mol. The summed E-state index contributed by atoms with van der Waals surface area (Å²) in [5.41, 5.74) is 4.58. The Morgan fingerprint density at radius 1 is 1.00 bits per heavy atom. The molecule has 26 heavy (non-hydrogen) atoms. The SMILES string of the molecule is Cc1ccc(CN(C)CC(=O)Nc2ccc(N3CCCCC3)cc2)cc1. The summed E-state index contributed by atoms with van der Waals surface area (Å²) in [6, 6.07) is 16.7. The minimum Gasteiger partial charge on any atom is -0.372 e. The van der Waals surface area contributed by atoms with Crippen molar-refractivity contribution >= 4 is 17.3 Å². The van der Waals surface area contributed by atoms with Crippen LogP contribution in [0.15, 0.2) is 48.5 Å². The quantitative estimate of drug-likeness (QED) is 0.853. The standard InChI is InChI=1S/C22H29N3O/c1-18-6-8-19(9-7-18)16-24(2)17-22(26)23-20-10-12-21(13-11-20)25-14-4-3-5-15-25/h6-13H,3-5,14-17H2,1-2H3,(H,23,26). The van der Waals surface area contributed by atoms with E-state index < -0.39 is 0 Å². The molecular weight excluding hydrogens is 322 g/mol. The number of likely N-dealkylation sites (N-methyl/N-ethyl adjacent to an activating group) is 1. The number of nitrogens with zero attached hydrogens (tertiary/aromatic N) is 2. The van der Waals surface area contributed by atoms with Gasteiger partial charge in [-0.05, 0) is 63.1 Å². The van der Waals surface area contributed by atoms with Crippen LogP contribution in [0.2, 0.25) is 0 Å². The minimum atomic E-state index is 0.0188. The van der Waals surface area contributed by atoms with Crippen molar-refractivity contribution in [2.45, 2.75) is 32.7 Å². The Morgan fingerprint density at radius 3 is 2.31 bits per heavy atom. The lowest BCUT2D eigenvalue weighted by molar-refractivity contribution is -0.117. The monoisotopic (exact) mass is 351 g/mol. The van der Waals surface area contributed by atoms with Crippen molar-refractivity contribution in [3.63, 3.8) is 0 Å². The highest BCUT2D eigenvalue weighted by Gasteiger charge is 2.11. The summed E-state index contributed by atoms with van der Waals surface area (Å²) < 4.78 is 0. The zero-order valence-electron chi connectivity index (χ0n) is 15.9. The van der Waals surface area contributed by atoms with Gasteiger partial charge in [0.25, 0.3) is 0 Å². The Morgan fingerprint density at radius 2 is 1.65 bits per heavy atom. The third-order valence-corrected chi connectivity index (χ3v) is 4.86. The highest BCUT2D eigenvalue weighted by atomic mass is 16.2. The van der Waals surface area contributed by atoms with Gasteiger partial charge in [-0.25, -0.2) is 0 Å². The molecule has 0 aromatic heterocycles. The van der Waals surface area contributed by atoms with Crippen LogP contribution >= 0.6 is 0 Å². The molecule has 2 aromatic rings. The number of rotatable bonds is 6. The summed E-state index contributed by atoms with van der Waals surface area (Å²) in [4.78, 5) is 16.7. The molecule has 0 aliphatic carbocycles. The smallest absolute Gasteiger partial charge is 0.238 e. The molecule has 4 heteroatoms. The first-order valence-electron chi connectivity index (χ1n) is 9.49. The van der Waals surface area contributed by atoms with E-state index in [9.17, 15) is 4.79 Å². The van der Waals surface area contributed by atoms with Crippen molar-refractivity contribution in [3.05, 3.63) is 59.7 Å². The molecule has 1 aliphatic rings. The molecule has 0 unspecified atom stereocenters. The Kier molecular flexibility index (Phi) is 6.29. The van der Waals surface area contributed by atoms with Crippen LogP contribution in [-0.2, 0) is 11.3 Å². The van der Waals surface area contributed by atoms with E-state index in [1.165, 1.54) is 36.1 Å². The maximum Gasteiger partial charge on any atom is 0.238 e. The highest BCUT2D eigenvalue weighted by Crippen LogP contribution is 2.21. The summed E-state index contributed by atoms with van der Waals surface area (Å²) in [6.45, 7) is 5.49. The molecule has 0 spiro atoms. The van der Waals surface area contributed by atoms with E-state index in [1.807, 2.05) is 24.1 Å². The van der Waals surface area contributed by atoms with Gasteiger partial charge in [-0.15, -0.1) is 0 Å². The van der Waals surface area contributed by atoms with Crippen LogP contribution in [0.4, 0.5) is 11.4 Å². The number of aryl methyl sites for hydroxylation is 1. The zero-order valence-corrected chi connectivity index (χ0v) is 15.9. The second-order valence-corrected chi connectivity index (χ2v) is 7.30. The molecule has 1 heterocycles. The molecule has 2 aromatic carbocycles. The van der Waals surface area contributed by atoms with Crippen molar-refractivity contribution in [2.75, 3.05) is 36.9 Å². The highest BCUT2D eigenvalue weighted by molar-refractivity contribution is 5.92. The summed E-state index contributed by atoms with van der Waals surface area (Å²) in [6.07, 6.45) is 3.87. The van der Waals surface area contributed by atoms with E-state index in [4.69, 9.17) is 0 Å². The minimum absolute atomic E-state index is 0.0188. The average Bonchev–Trinajstić information content (AvgIpc) is 2.65. The first kappa shape index (κ1) is 18.5. The number of anilines is 2. The van der Waals surface area contributed by atoms with Gasteiger partial charge in [0.15, 0.2) is 0 Å². The van der Waals surface area contributed by atoms with Crippen LogP contribution < -0.4 is 10.2 Å². The second kappa shape index (κ2) is 8.86. The van der Waals surface area contributed by atoms with E-state index in [0.29, 0.717) is 6.54 Å². The van der Waals surface area contributed by atoms with Crippen LogP contribution in [-0.4, -0.2) is 37.5 Å². The van der Waals surface area contributed by atoms with Crippen molar-refractivity contribution < 1.29 is 4.79 Å². The van der Waals surface area contributed by atoms with Crippen molar-refractivity contribution in [1.82, 2.24) is 4.90 Å². The number of piperidine rings is 1. The first-order valence-corrected chi connectivity index (χ1v) is 9.49. The normalized spacial score (nSPS) is 14.5. The maximum atomic E-state index is 12.3. The number of hydrogen-bond donors (Lipinski definition) is 1. The second-order valence-electron chi connectivity index (χ2n) is 7.30. The van der Waals surface area contributed by atoms with Crippen molar-refractivity contribution in [2.24, 2.45) is 0 Å². The van der Waals surface area contributed by atoms with Gasteiger partial charge in [0.1, 0.15) is 0 Å². The van der Waals surface area contributed by atoms with Gasteiger partial charge in [-0.3, -0.25) is 9.69 Å². The number of carbonyl (C=O) groups is 1. The van der Waals surface area contributed by atoms with Crippen LogP contribution in [0.3, 0.4) is 0 Å². The molecule has 3 rings (SSSR count). The number of amides is 1. The van der Waals surface area contributed by atoms with E-state index in [0.717, 1.165) is 25.3 Å². The molecule has 4 nitrogen and oxygen atoms in total. The topological polar surface area (TPSA) is 35.6 Å². The molecule has 1 saturated heterocycles. The van der Waals surface area contributed by atoms with Crippen molar-refractivity contribution in [3.8, 4) is 0 Å². The molecule has 0 atom stereocenters. The fraction of sp³-hybridized carbons (Fsp3) is 0.409. The van der Waals surface area contributed by atoms with Gasteiger partial charge in [-0.2, -0.15) is 0 Å². The zero-order chi connectivity index (χ0) is 18.4. The number of nitrogens with one attached hydrogen (secondary N) is 1. The number of carbonyl (C=O) groups excluding carboxylic acids is 1. The van der Waals surface area contributed by atoms with Crippen molar-refractivity contribution in [1.29, 1.82) is 0 Å². The first-order chi connectivity index (χ1) is 12.6. The van der Waals surface area contributed by atoms with Gasteiger partial charge >= 0.3 is 0 Å². The molecular formula is C22H29N3O. The molecule has 0 radical (unpaired) electrons. The third-order valence-electron chi connectivity index (χ3n) is 4.86. The largest absolute Gasteiger partial charge is 0.372 e. The lowest BCUT2D eigenvalue weighted by atomic mass is 10.1. The molecule has 1 amide bonds. The fourth-order valence-corrected chi connectivity index (χ4v) is 3.41. The summed E-state index contributed by atoms with van der Waals surface area (Å²) >= 11 is 0. The predicted octanol–water partition coefficient (Wildman–Crippen LogP) is 4.06. The summed E-state index contributed by atoms with van der Waals surface area (Å²) in [5, 5.41) is 3.00. The molecule has 138 valence electrons. The maximum absolute atomic E-state index is 12.3. The van der Waals surface area contributed by atoms with E-state index in [1.54, 1.807) is 0 Å². The van der Waals surface area contributed by atoms with Gasteiger partial charge in [0.05, 0.1) is 6.54 Å². The van der Waals surface area contributed by atoms with E-state index in [-0.39, 0.29) is 5.91 Å². The van der Waals surface area contributed by atoms with Crippen LogP contribution in [0.25, 0.3) is 0 Å². The number of benzene rings is 2. The Labute approximate surface area is 156 Å². The summed E-state index contributed by atoms with van der Waals surface area (Å²) in [7, 11) is 1.97. The van der Waals surface area contributed by atoms with E-state index in [2.05, 4.69) is 53.5 Å². The van der Waals surface area contributed by atoms with E-state index >= 15 is 0 Å². The Bertz CT molecular complexity index is 703. The van der Waals surface area contributed by atoms with Gasteiger partial charge in [0, 0.05) is 31.0 Å². The van der Waals surface area contributed by atoms with Gasteiger partial charge in [-0.1, -0.05) is 29.8 Å². The van der Waals surface area contributed by atoms with Gasteiger partial charge in [0.2, 0.25) is 5.91 Å². The van der Waals surface area contributed by atoms with Crippen LogP contribution in [0.5, 0.6) is 0 Å². The summed E-state index contributed by atoms with van der Waals surface area (Å²) in [5.74, 6) is 0.0188. The Hall–Kier alpha value is -2.33. The lowest BCUT2D eigenvalue weighted by Gasteiger charge is -2.28. The third kappa shape index (κ3) is 5.33. The van der Waals surface area contributed by atoms with Crippen LogP contribution in [0.1, 0.15) is 30.4 Å². The molecule has 0 saturated carbocycles. The van der Waals surface area contributed by atoms with Crippen LogP contribution in [0, 0.1) is 6.92 Å². The molecule has 1 N–H and O–H groups in total. The number of hydrogen-bond acceptors (Lipinski definition) is 3. The molecule has 0 bridgehead atoms.